The molecule has 38 heavy (non-hydrogen) atoms. The summed E-state index contributed by atoms with van der Waals surface area (Å²) in [6.45, 7) is 2.16. The number of urea groups is 1. The van der Waals surface area contributed by atoms with Crippen molar-refractivity contribution >= 4 is 49.9 Å². The van der Waals surface area contributed by atoms with Crippen LogP contribution in [0, 0.1) is 0 Å². The zero-order chi connectivity index (χ0) is 27.8. The predicted octanol–water partition coefficient (Wildman–Crippen LogP) is 3.52. The topological polar surface area (TPSA) is 181 Å². The SMILES string of the molecule is CCCCS(=O)(=O)C(N)(CC(=O)O)c1ccc(NC(=O)c2csc(NC(=O)NCc3ccccc3)n2)cc1. The molecule has 1 aromatic heterocycles. The van der Waals surface area contributed by atoms with E-state index in [0.29, 0.717) is 25.1 Å². The van der Waals surface area contributed by atoms with Gasteiger partial charge in [0.15, 0.2) is 19.8 Å². The first-order valence-corrected chi connectivity index (χ1v) is 14.3. The van der Waals surface area contributed by atoms with E-state index in [2.05, 4.69) is 20.9 Å². The largest absolute Gasteiger partial charge is 0.481 e. The fourth-order valence-electron chi connectivity index (χ4n) is 3.52. The Bertz CT molecular complexity index is 1380. The summed E-state index contributed by atoms with van der Waals surface area (Å²) in [5.74, 6) is -2.13. The lowest BCUT2D eigenvalue weighted by atomic mass is 10.0. The van der Waals surface area contributed by atoms with Crippen LogP contribution in [-0.2, 0) is 26.0 Å². The Morgan fingerprint density at radius 2 is 1.74 bits per heavy atom. The fraction of sp³-hybridized carbons (Fsp3) is 0.280. The zero-order valence-electron chi connectivity index (χ0n) is 20.6. The second kappa shape index (κ2) is 12.6. The van der Waals surface area contributed by atoms with Crippen molar-refractivity contribution in [2.75, 3.05) is 16.4 Å². The Balaban J connectivity index is 1.64. The first kappa shape index (κ1) is 28.8. The van der Waals surface area contributed by atoms with Crippen LogP contribution in [0.1, 0.15) is 47.8 Å². The zero-order valence-corrected chi connectivity index (χ0v) is 22.3. The van der Waals surface area contributed by atoms with Gasteiger partial charge in [0.2, 0.25) is 0 Å². The van der Waals surface area contributed by atoms with Crippen molar-refractivity contribution in [1.82, 2.24) is 10.3 Å². The van der Waals surface area contributed by atoms with Gasteiger partial charge in [-0.25, -0.2) is 18.2 Å². The van der Waals surface area contributed by atoms with E-state index in [-0.39, 0.29) is 22.1 Å². The molecule has 0 bridgehead atoms. The van der Waals surface area contributed by atoms with E-state index in [1.807, 2.05) is 37.3 Å². The smallest absolute Gasteiger partial charge is 0.321 e. The summed E-state index contributed by atoms with van der Waals surface area (Å²) in [4.78, 5) is 38.2. The van der Waals surface area contributed by atoms with E-state index in [9.17, 15) is 27.9 Å². The quantitative estimate of drug-likeness (QED) is 0.223. The van der Waals surface area contributed by atoms with Crippen molar-refractivity contribution in [1.29, 1.82) is 0 Å². The molecule has 0 saturated carbocycles. The number of aromatic nitrogens is 1. The van der Waals surface area contributed by atoms with E-state index >= 15 is 0 Å². The standard InChI is InChI=1S/C25H29N5O6S2/c1-2-3-13-38(35,36)25(26,14-21(31)32)18-9-11-19(12-10-18)28-22(33)20-16-37-24(29-20)30-23(34)27-15-17-7-5-4-6-8-17/h4-12,16H,2-3,13-15,26H2,1H3,(H,28,33)(H,31,32)(H2,27,29,30,34). The third-order valence-corrected chi connectivity index (χ3v) is 8.69. The summed E-state index contributed by atoms with van der Waals surface area (Å²) < 4.78 is 25.8. The number of nitrogens with zero attached hydrogens (tertiary/aromatic N) is 1. The lowest BCUT2D eigenvalue weighted by molar-refractivity contribution is -0.137. The maximum absolute atomic E-state index is 12.9. The van der Waals surface area contributed by atoms with Gasteiger partial charge < -0.3 is 21.5 Å². The minimum Gasteiger partial charge on any atom is -0.481 e. The number of amides is 3. The number of hydrogen-bond acceptors (Lipinski definition) is 8. The maximum atomic E-state index is 12.9. The van der Waals surface area contributed by atoms with Crippen molar-refractivity contribution in [2.24, 2.45) is 5.73 Å². The number of aliphatic carboxylic acids is 1. The molecular formula is C25H29N5O6S2. The van der Waals surface area contributed by atoms with Gasteiger partial charge in [-0.2, -0.15) is 0 Å². The minimum absolute atomic E-state index is 0.0682. The number of anilines is 2. The molecule has 0 spiro atoms. The van der Waals surface area contributed by atoms with Crippen LogP contribution >= 0.6 is 11.3 Å². The number of carboxylic acids is 1. The van der Waals surface area contributed by atoms with Crippen molar-refractivity contribution in [3.8, 4) is 0 Å². The van der Waals surface area contributed by atoms with Gasteiger partial charge in [-0.3, -0.25) is 14.9 Å². The molecule has 0 aliphatic carbocycles. The Kier molecular flexibility index (Phi) is 9.55. The van der Waals surface area contributed by atoms with Gasteiger partial charge in [-0.05, 0) is 29.7 Å². The summed E-state index contributed by atoms with van der Waals surface area (Å²) in [7, 11) is -3.98. The Labute approximate surface area is 224 Å². The number of carbonyl (C=O) groups is 3. The normalized spacial score (nSPS) is 12.8. The number of unbranched alkanes of at least 4 members (excludes halogenated alkanes) is 1. The lowest BCUT2D eigenvalue weighted by Crippen LogP contribution is -2.47. The first-order chi connectivity index (χ1) is 18.0. The van der Waals surface area contributed by atoms with Gasteiger partial charge in [-0.15, -0.1) is 11.3 Å². The van der Waals surface area contributed by atoms with Crippen molar-refractivity contribution < 1.29 is 27.9 Å². The first-order valence-electron chi connectivity index (χ1n) is 11.7. The highest BCUT2D eigenvalue weighted by Gasteiger charge is 2.43. The highest BCUT2D eigenvalue weighted by molar-refractivity contribution is 7.92. The molecule has 1 heterocycles. The third kappa shape index (κ3) is 7.37. The molecule has 0 aliphatic rings. The number of nitrogens with two attached hydrogens (primary N) is 1. The summed E-state index contributed by atoms with van der Waals surface area (Å²) >= 11 is 1.08. The molecule has 11 nitrogen and oxygen atoms in total. The van der Waals surface area contributed by atoms with Gasteiger partial charge >= 0.3 is 12.0 Å². The van der Waals surface area contributed by atoms with Gasteiger partial charge in [0.25, 0.3) is 5.91 Å². The predicted molar refractivity (Wildman–Crippen MR) is 146 cm³/mol. The van der Waals surface area contributed by atoms with Crippen molar-refractivity contribution in [3.05, 3.63) is 76.8 Å². The molecule has 0 saturated heterocycles. The summed E-state index contributed by atoms with van der Waals surface area (Å²) in [6.07, 6.45) is 0.173. The maximum Gasteiger partial charge on any atom is 0.321 e. The van der Waals surface area contributed by atoms with E-state index in [4.69, 9.17) is 5.73 Å². The molecule has 0 aliphatic heterocycles. The average molecular weight is 560 g/mol. The van der Waals surface area contributed by atoms with E-state index in [1.54, 1.807) is 0 Å². The van der Waals surface area contributed by atoms with E-state index in [0.717, 1.165) is 16.9 Å². The highest BCUT2D eigenvalue weighted by Crippen LogP contribution is 2.31. The number of carboxylic acid groups (broad SMARTS) is 1. The number of nitrogens with one attached hydrogen (secondary N) is 3. The van der Waals surface area contributed by atoms with Gasteiger partial charge in [0, 0.05) is 17.6 Å². The van der Waals surface area contributed by atoms with Crippen LogP contribution in [0.5, 0.6) is 0 Å². The molecule has 1 atom stereocenters. The summed E-state index contributed by atoms with van der Waals surface area (Å²) in [5, 5.41) is 18.9. The molecule has 3 amide bonds. The van der Waals surface area contributed by atoms with Crippen molar-refractivity contribution in [3.63, 3.8) is 0 Å². The second-order valence-corrected chi connectivity index (χ2v) is 11.7. The molecule has 2 aromatic carbocycles. The van der Waals surface area contributed by atoms with Crippen LogP contribution in [0.15, 0.2) is 60.0 Å². The fourth-order valence-corrected chi connectivity index (χ4v) is 6.08. The monoisotopic (exact) mass is 559 g/mol. The molecule has 13 heteroatoms. The van der Waals surface area contributed by atoms with E-state index < -0.39 is 39.0 Å². The average Bonchev–Trinajstić information content (AvgIpc) is 3.35. The Hall–Kier alpha value is -3.81. The van der Waals surface area contributed by atoms with Crippen LogP contribution < -0.4 is 21.7 Å². The summed E-state index contributed by atoms with van der Waals surface area (Å²) in [5.41, 5.74) is 7.61. The minimum atomic E-state index is -3.98. The molecule has 1 unspecified atom stereocenters. The Morgan fingerprint density at radius 1 is 1.05 bits per heavy atom. The molecule has 3 aromatic rings. The van der Waals surface area contributed by atoms with Crippen LogP contribution in [-0.4, -0.2) is 42.2 Å². The number of carbonyl (C=O) groups excluding carboxylic acids is 2. The number of sulfone groups is 1. The number of thiazole rings is 1. The number of hydrogen-bond donors (Lipinski definition) is 5. The van der Waals surface area contributed by atoms with Crippen molar-refractivity contribution in [2.45, 2.75) is 37.6 Å². The van der Waals surface area contributed by atoms with Gasteiger partial charge in [0.05, 0.1) is 12.2 Å². The van der Waals surface area contributed by atoms with Gasteiger partial charge in [-0.1, -0.05) is 55.8 Å². The third-order valence-electron chi connectivity index (χ3n) is 5.62. The molecule has 3 rings (SSSR count). The number of rotatable bonds is 12. The molecular weight excluding hydrogens is 530 g/mol. The lowest BCUT2D eigenvalue weighted by Gasteiger charge is -2.28. The molecule has 6 N–H and O–H groups in total. The van der Waals surface area contributed by atoms with Gasteiger partial charge in [0.1, 0.15) is 5.69 Å². The van der Waals surface area contributed by atoms with Crippen LogP contribution in [0.25, 0.3) is 0 Å². The molecule has 0 fully saturated rings. The van der Waals surface area contributed by atoms with Crippen LogP contribution in [0.3, 0.4) is 0 Å². The second-order valence-electron chi connectivity index (χ2n) is 8.50. The molecule has 0 radical (unpaired) electrons. The molecule has 202 valence electrons. The van der Waals surface area contributed by atoms with Crippen LogP contribution in [0.2, 0.25) is 0 Å². The van der Waals surface area contributed by atoms with E-state index in [1.165, 1.54) is 29.6 Å². The summed E-state index contributed by atoms with van der Waals surface area (Å²) in [6, 6.07) is 14.5. The highest BCUT2D eigenvalue weighted by atomic mass is 32.2. The number of benzene rings is 2. The Morgan fingerprint density at radius 3 is 2.37 bits per heavy atom. The van der Waals surface area contributed by atoms with Crippen LogP contribution in [0.4, 0.5) is 15.6 Å².